The van der Waals surface area contributed by atoms with Crippen LogP contribution in [0.1, 0.15) is 44.0 Å². The van der Waals surface area contributed by atoms with Gasteiger partial charge in [-0.05, 0) is 53.0 Å². The van der Waals surface area contributed by atoms with Crippen molar-refractivity contribution in [3.8, 4) is 6.07 Å². The molecule has 0 spiro atoms. The summed E-state index contributed by atoms with van der Waals surface area (Å²) >= 11 is 3.31. The van der Waals surface area contributed by atoms with E-state index in [1.807, 2.05) is 49.4 Å². The number of carbonyl (C=O) groups is 1. The fourth-order valence-corrected chi connectivity index (χ4v) is 3.26. The summed E-state index contributed by atoms with van der Waals surface area (Å²) in [5.41, 5.74) is 1.75. The number of nitriles is 1. The topological polar surface area (TPSA) is 57.0 Å². The lowest BCUT2D eigenvalue weighted by Gasteiger charge is -2.31. The van der Waals surface area contributed by atoms with Crippen LogP contribution in [0.4, 0.5) is 0 Å². The third kappa shape index (κ3) is 5.03. The predicted octanol–water partition coefficient (Wildman–Crippen LogP) is 5.14. The zero-order valence-electron chi connectivity index (χ0n) is 15.0. The molecule has 0 aliphatic heterocycles. The minimum atomic E-state index is -0.265. The van der Waals surface area contributed by atoms with Gasteiger partial charge in [-0.25, -0.2) is 4.98 Å². The van der Waals surface area contributed by atoms with Crippen molar-refractivity contribution in [3.05, 3.63) is 70.0 Å². The van der Waals surface area contributed by atoms with Crippen molar-refractivity contribution in [2.45, 2.75) is 32.7 Å². The molecule has 134 valence electrons. The molecule has 0 saturated carbocycles. The Balaban J connectivity index is 2.37. The van der Waals surface area contributed by atoms with E-state index in [0.717, 1.165) is 18.4 Å². The number of aromatic nitrogens is 1. The molecule has 0 fully saturated rings. The Hall–Kier alpha value is -2.45. The van der Waals surface area contributed by atoms with Crippen LogP contribution in [-0.2, 0) is 4.79 Å². The smallest absolute Gasteiger partial charge is 0.265 e. The monoisotopic (exact) mass is 411 g/mol. The summed E-state index contributed by atoms with van der Waals surface area (Å²) < 4.78 is 0.663. The van der Waals surface area contributed by atoms with Crippen LogP contribution >= 0.6 is 15.9 Å². The third-order valence-electron chi connectivity index (χ3n) is 4.10. The van der Waals surface area contributed by atoms with Crippen LogP contribution < -0.4 is 0 Å². The lowest BCUT2D eigenvalue weighted by atomic mass is 9.99. The van der Waals surface area contributed by atoms with E-state index in [9.17, 15) is 10.1 Å². The molecule has 0 saturated heterocycles. The van der Waals surface area contributed by atoms with Gasteiger partial charge in [0.25, 0.3) is 5.91 Å². The minimum Gasteiger partial charge on any atom is -0.331 e. The van der Waals surface area contributed by atoms with Crippen LogP contribution in [0.2, 0.25) is 0 Å². The van der Waals surface area contributed by atoms with E-state index in [2.05, 4.69) is 27.8 Å². The summed E-state index contributed by atoms with van der Waals surface area (Å²) in [7, 11) is 0. The van der Waals surface area contributed by atoms with Crippen LogP contribution in [-0.4, -0.2) is 22.3 Å². The molecule has 0 aliphatic rings. The normalized spacial score (nSPS) is 12.3. The van der Waals surface area contributed by atoms with Crippen molar-refractivity contribution < 1.29 is 4.79 Å². The average Bonchev–Trinajstić information content (AvgIpc) is 2.66. The van der Waals surface area contributed by atoms with Crippen molar-refractivity contribution in [1.29, 1.82) is 5.26 Å². The second-order valence-corrected chi connectivity index (χ2v) is 6.67. The second kappa shape index (κ2) is 9.88. The van der Waals surface area contributed by atoms with E-state index in [4.69, 9.17) is 0 Å². The summed E-state index contributed by atoms with van der Waals surface area (Å²) in [5, 5.41) is 9.55. The number of amides is 1. The van der Waals surface area contributed by atoms with Gasteiger partial charge in [0, 0.05) is 6.54 Å². The number of hydrogen-bond donors (Lipinski definition) is 0. The van der Waals surface area contributed by atoms with Crippen molar-refractivity contribution in [3.63, 3.8) is 0 Å². The number of nitrogens with zero attached hydrogens (tertiary/aromatic N) is 3. The highest BCUT2D eigenvalue weighted by Gasteiger charge is 2.25. The first-order valence-corrected chi connectivity index (χ1v) is 9.50. The van der Waals surface area contributed by atoms with Crippen LogP contribution in [0, 0.1) is 11.3 Å². The van der Waals surface area contributed by atoms with Crippen molar-refractivity contribution >= 4 is 27.9 Å². The Kier molecular flexibility index (Phi) is 7.55. The number of pyridine rings is 1. The van der Waals surface area contributed by atoms with Crippen molar-refractivity contribution in [1.82, 2.24) is 9.88 Å². The molecule has 1 aromatic carbocycles. The van der Waals surface area contributed by atoms with Crippen molar-refractivity contribution in [2.75, 3.05) is 6.54 Å². The molecule has 0 radical (unpaired) electrons. The molecule has 0 bridgehead atoms. The Morgan fingerprint density at radius 1 is 1.23 bits per heavy atom. The van der Waals surface area contributed by atoms with E-state index < -0.39 is 0 Å². The molecular weight excluding hydrogens is 390 g/mol. The predicted molar refractivity (Wildman–Crippen MR) is 107 cm³/mol. The van der Waals surface area contributed by atoms with E-state index >= 15 is 0 Å². The number of carbonyl (C=O) groups excluding carboxylic acids is 1. The average molecular weight is 412 g/mol. The molecule has 26 heavy (non-hydrogen) atoms. The maximum atomic E-state index is 13.1. The van der Waals surface area contributed by atoms with Gasteiger partial charge in [0.15, 0.2) is 0 Å². The maximum absolute atomic E-state index is 13.1. The minimum absolute atomic E-state index is 0.0501. The number of likely N-dealkylation sites (N-methyl/N-ethyl adjacent to an activating group) is 1. The fourth-order valence-electron chi connectivity index (χ4n) is 2.91. The molecule has 0 unspecified atom stereocenters. The first-order valence-electron chi connectivity index (χ1n) is 8.71. The van der Waals surface area contributed by atoms with E-state index in [0.29, 0.717) is 16.8 Å². The maximum Gasteiger partial charge on any atom is 0.265 e. The van der Waals surface area contributed by atoms with Crippen LogP contribution in [0.25, 0.3) is 6.08 Å². The summed E-state index contributed by atoms with van der Waals surface area (Å²) in [6, 6.07) is 17.4. The largest absolute Gasteiger partial charge is 0.331 e. The first-order chi connectivity index (χ1) is 12.6. The standard InChI is InChI=1S/C21H22BrN3O/c1-3-9-19(16-10-6-5-7-11-16)25(4-2)21(26)17(15-23)14-18-12-8-13-20(22)24-18/h5-8,10-14,19H,3-4,9H2,1-2H3/t19-/m0/s1. The van der Waals surface area contributed by atoms with Gasteiger partial charge >= 0.3 is 0 Å². The lowest BCUT2D eigenvalue weighted by molar-refractivity contribution is -0.129. The van der Waals surface area contributed by atoms with Gasteiger partial charge in [-0.1, -0.05) is 49.7 Å². The molecule has 0 aliphatic carbocycles. The highest BCUT2D eigenvalue weighted by Crippen LogP contribution is 2.27. The van der Waals surface area contributed by atoms with Crippen molar-refractivity contribution in [2.24, 2.45) is 0 Å². The molecule has 1 heterocycles. The molecule has 5 heteroatoms. The second-order valence-electron chi connectivity index (χ2n) is 5.86. The fraction of sp³-hybridized carbons (Fsp3) is 0.286. The number of halogens is 1. The SMILES string of the molecule is CCC[C@@H](c1ccccc1)N(CC)C(=O)C(C#N)=Cc1cccc(Br)n1. The molecule has 1 aromatic heterocycles. The first kappa shape index (κ1) is 19.9. The van der Waals surface area contributed by atoms with Gasteiger partial charge in [-0.3, -0.25) is 4.79 Å². The zero-order valence-corrected chi connectivity index (χ0v) is 16.6. The van der Waals surface area contributed by atoms with E-state index in [1.54, 1.807) is 23.1 Å². The molecule has 0 N–H and O–H groups in total. The summed E-state index contributed by atoms with van der Waals surface area (Å²) in [6.45, 7) is 4.57. The van der Waals surface area contributed by atoms with Crippen LogP contribution in [0.15, 0.2) is 58.7 Å². The molecular formula is C21H22BrN3O. The van der Waals surface area contributed by atoms with E-state index in [-0.39, 0.29) is 17.5 Å². The highest BCUT2D eigenvalue weighted by molar-refractivity contribution is 9.10. The van der Waals surface area contributed by atoms with E-state index in [1.165, 1.54) is 0 Å². The molecule has 2 aromatic rings. The van der Waals surface area contributed by atoms with Crippen LogP contribution in [0.5, 0.6) is 0 Å². The summed E-state index contributed by atoms with van der Waals surface area (Å²) in [4.78, 5) is 19.1. The van der Waals surface area contributed by atoms with Gasteiger partial charge < -0.3 is 4.90 Å². The Morgan fingerprint density at radius 2 is 1.96 bits per heavy atom. The highest BCUT2D eigenvalue weighted by atomic mass is 79.9. The molecule has 1 amide bonds. The lowest BCUT2D eigenvalue weighted by Crippen LogP contribution is -2.35. The molecule has 4 nitrogen and oxygen atoms in total. The van der Waals surface area contributed by atoms with Gasteiger partial charge in [0.1, 0.15) is 16.2 Å². The number of rotatable bonds is 7. The van der Waals surface area contributed by atoms with Gasteiger partial charge in [0.05, 0.1) is 11.7 Å². The Bertz CT molecular complexity index is 812. The van der Waals surface area contributed by atoms with Gasteiger partial charge in [-0.15, -0.1) is 0 Å². The summed E-state index contributed by atoms with van der Waals surface area (Å²) in [6.07, 6.45) is 3.34. The Morgan fingerprint density at radius 3 is 2.54 bits per heavy atom. The zero-order chi connectivity index (χ0) is 18.9. The molecule has 2 rings (SSSR count). The third-order valence-corrected chi connectivity index (χ3v) is 4.55. The van der Waals surface area contributed by atoms with Gasteiger partial charge in [0.2, 0.25) is 0 Å². The molecule has 1 atom stereocenters. The number of benzene rings is 1. The Labute approximate surface area is 163 Å². The quantitative estimate of drug-likeness (QED) is 0.359. The van der Waals surface area contributed by atoms with Crippen LogP contribution in [0.3, 0.4) is 0 Å². The summed E-state index contributed by atoms with van der Waals surface area (Å²) in [5.74, 6) is -0.265. The van der Waals surface area contributed by atoms with Gasteiger partial charge in [-0.2, -0.15) is 5.26 Å². The number of hydrogen-bond acceptors (Lipinski definition) is 3.